The largest absolute Gasteiger partial charge is 0.462 e. The van der Waals surface area contributed by atoms with Crippen molar-refractivity contribution in [1.82, 2.24) is 0 Å². The number of nitro groups is 2. The van der Waals surface area contributed by atoms with Crippen LogP contribution in [0.3, 0.4) is 0 Å². The van der Waals surface area contributed by atoms with E-state index < -0.39 is 21.8 Å². The molecule has 0 N–H and O–H groups in total. The number of ether oxygens (including phenoxy) is 2. The highest BCUT2D eigenvalue weighted by Crippen LogP contribution is 2.27. The normalized spacial score (nSPS) is 17.4. The monoisotopic (exact) mass is 440 g/mol. The fraction of sp³-hybridized carbons (Fsp3) is 0.273. The summed E-state index contributed by atoms with van der Waals surface area (Å²) in [5.74, 6) is -1.30. The van der Waals surface area contributed by atoms with E-state index in [1.165, 1.54) is 48.5 Å². The molecule has 0 saturated heterocycles. The van der Waals surface area contributed by atoms with Crippen molar-refractivity contribution in [1.29, 1.82) is 0 Å². The number of hydrogen-bond acceptors (Lipinski definition) is 8. The van der Waals surface area contributed by atoms with Crippen LogP contribution in [0.25, 0.3) is 0 Å². The van der Waals surface area contributed by atoms with E-state index in [0.29, 0.717) is 12.8 Å². The van der Waals surface area contributed by atoms with Crippen LogP contribution in [-0.2, 0) is 9.47 Å². The summed E-state index contributed by atoms with van der Waals surface area (Å²) in [5, 5.41) is 21.4. The number of hydrogen-bond donors (Lipinski definition) is 0. The lowest BCUT2D eigenvalue weighted by molar-refractivity contribution is -0.385. The number of carbonyl (C=O) groups excluding carboxylic acids is 2. The van der Waals surface area contributed by atoms with Crippen LogP contribution in [-0.4, -0.2) is 35.0 Å². The zero-order valence-electron chi connectivity index (χ0n) is 16.9. The molecule has 0 heterocycles. The molecule has 32 heavy (non-hydrogen) atoms. The predicted octanol–water partition coefficient (Wildman–Crippen LogP) is 4.10. The Bertz CT molecular complexity index is 947. The molecule has 1 aliphatic rings. The maximum atomic E-state index is 12.3. The van der Waals surface area contributed by atoms with Crippen molar-refractivity contribution in [2.45, 2.75) is 12.8 Å². The number of esters is 2. The Hall–Kier alpha value is -4.08. The first-order valence-corrected chi connectivity index (χ1v) is 9.83. The summed E-state index contributed by atoms with van der Waals surface area (Å²) in [6, 6.07) is 10.3. The molecule has 166 valence electrons. The average molecular weight is 440 g/mol. The highest BCUT2D eigenvalue weighted by Gasteiger charge is 2.26. The van der Waals surface area contributed by atoms with Crippen molar-refractivity contribution in [3.63, 3.8) is 0 Å². The van der Waals surface area contributed by atoms with Gasteiger partial charge in [0, 0.05) is 36.1 Å². The fourth-order valence-corrected chi connectivity index (χ4v) is 3.31. The molecule has 0 spiro atoms. The van der Waals surface area contributed by atoms with Crippen LogP contribution >= 0.6 is 0 Å². The topological polar surface area (TPSA) is 139 Å². The molecular formula is C22H20N2O8. The molecule has 10 nitrogen and oxygen atoms in total. The van der Waals surface area contributed by atoms with Gasteiger partial charge in [-0.2, -0.15) is 0 Å². The van der Waals surface area contributed by atoms with Crippen LogP contribution in [0.1, 0.15) is 33.6 Å². The summed E-state index contributed by atoms with van der Waals surface area (Å²) in [5.41, 5.74) is 0.189. The first-order valence-electron chi connectivity index (χ1n) is 9.83. The molecule has 2 aromatic rings. The van der Waals surface area contributed by atoms with Crippen LogP contribution in [0.2, 0.25) is 0 Å². The van der Waals surface area contributed by atoms with Crippen molar-refractivity contribution >= 4 is 23.3 Å². The van der Waals surface area contributed by atoms with Gasteiger partial charge in [-0.25, -0.2) is 9.59 Å². The second-order valence-corrected chi connectivity index (χ2v) is 7.27. The van der Waals surface area contributed by atoms with Gasteiger partial charge >= 0.3 is 11.9 Å². The Morgan fingerprint density at radius 2 is 1.06 bits per heavy atom. The van der Waals surface area contributed by atoms with Crippen molar-refractivity contribution < 1.29 is 28.9 Å². The molecule has 0 fully saturated rings. The van der Waals surface area contributed by atoms with Gasteiger partial charge < -0.3 is 9.47 Å². The lowest BCUT2D eigenvalue weighted by Gasteiger charge is -2.27. The van der Waals surface area contributed by atoms with Crippen LogP contribution in [0.15, 0.2) is 60.7 Å². The van der Waals surface area contributed by atoms with Gasteiger partial charge in [0.2, 0.25) is 0 Å². The Morgan fingerprint density at radius 3 is 1.38 bits per heavy atom. The van der Waals surface area contributed by atoms with Crippen LogP contribution in [0.5, 0.6) is 0 Å². The van der Waals surface area contributed by atoms with Gasteiger partial charge in [-0.05, 0) is 37.1 Å². The fourth-order valence-electron chi connectivity index (χ4n) is 3.31. The molecular weight excluding hydrogens is 420 g/mol. The SMILES string of the molecule is O=C(OC[C@H]1CC=CC[C@@H]1COC(=O)c1ccc([N+](=O)[O-])cc1)c1ccc([N+](=O)[O-])cc1. The highest BCUT2D eigenvalue weighted by atomic mass is 16.6. The predicted molar refractivity (Wildman–Crippen MR) is 112 cm³/mol. The number of carbonyl (C=O) groups is 2. The summed E-state index contributed by atoms with van der Waals surface area (Å²) in [7, 11) is 0. The number of nitro benzene ring substituents is 2. The highest BCUT2D eigenvalue weighted by molar-refractivity contribution is 5.90. The van der Waals surface area contributed by atoms with Gasteiger partial charge in [0.15, 0.2) is 0 Å². The van der Waals surface area contributed by atoms with Gasteiger partial charge in [-0.3, -0.25) is 20.2 Å². The molecule has 3 rings (SSSR count). The smallest absolute Gasteiger partial charge is 0.338 e. The molecule has 0 unspecified atom stereocenters. The summed E-state index contributed by atoms with van der Waals surface area (Å²) in [6.07, 6.45) is 5.23. The number of rotatable bonds is 8. The van der Waals surface area contributed by atoms with Crippen LogP contribution in [0, 0.1) is 32.1 Å². The van der Waals surface area contributed by atoms with Gasteiger partial charge in [-0.15, -0.1) is 0 Å². The molecule has 0 bridgehead atoms. The van der Waals surface area contributed by atoms with Gasteiger partial charge in [0.1, 0.15) is 0 Å². The second-order valence-electron chi connectivity index (χ2n) is 7.27. The van der Waals surface area contributed by atoms with E-state index in [2.05, 4.69) is 0 Å². The summed E-state index contributed by atoms with van der Waals surface area (Å²) in [4.78, 5) is 44.8. The molecule has 0 aliphatic heterocycles. The van der Waals surface area contributed by atoms with Crippen molar-refractivity contribution in [2.75, 3.05) is 13.2 Å². The maximum absolute atomic E-state index is 12.3. The van der Waals surface area contributed by atoms with E-state index in [4.69, 9.17) is 9.47 Å². The molecule has 10 heteroatoms. The minimum Gasteiger partial charge on any atom is -0.462 e. The Balaban J connectivity index is 1.53. The van der Waals surface area contributed by atoms with Gasteiger partial charge in [0.05, 0.1) is 34.2 Å². The van der Waals surface area contributed by atoms with E-state index in [0.717, 1.165) is 0 Å². The second kappa shape index (κ2) is 10.3. The third-order valence-corrected chi connectivity index (χ3v) is 5.20. The van der Waals surface area contributed by atoms with Crippen LogP contribution in [0.4, 0.5) is 11.4 Å². The summed E-state index contributed by atoms with van der Waals surface area (Å²) < 4.78 is 10.8. The first-order chi connectivity index (χ1) is 15.3. The van der Waals surface area contributed by atoms with Crippen LogP contribution < -0.4 is 0 Å². The van der Waals surface area contributed by atoms with Crippen molar-refractivity contribution in [3.8, 4) is 0 Å². The Labute approximate surface area is 182 Å². The summed E-state index contributed by atoms with van der Waals surface area (Å²) in [6.45, 7) is 0.222. The van der Waals surface area contributed by atoms with E-state index in [9.17, 15) is 29.8 Å². The number of non-ortho nitro benzene ring substituents is 2. The summed E-state index contributed by atoms with van der Waals surface area (Å²) >= 11 is 0. The zero-order valence-corrected chi connectivity index (χ0v) is 16.9. The molecule has 0 saturated carbocycles. The van der Waals surface area contributed by atoms with Crippen molar-refractivity contribution in [2.24, 2.45) is 11.8 Å². The lowest BCUT2D eigenvalue weighted by atomic mass is 9.84. The average Bonchev–Trinajstić information content (AvgIpc) is 2.81. The quantitative estimate of drug-likeness (QED) is 0.259. The molecule has 0 amide bonds. The third kappa shape index (κ3) is 5.75. The zero-order chi connectivity index (χ0) is 23.1. The lowest BCUT2D eigenvalue weighted by Crippen LogP contribution is -2.28. The molecule has 2 atom stereocenters. The number of allylic oxidation sites excluding steroid dienone is 2. The first kappa shape index (κ1) is 22.6. The Morgan fingerprint density at radius 1 is 0.719 bits per heavy atom. The molecule has 1 aliphatic carbocycles. The van der Waals surface area contributed by atoms with Crippen molar-refractivity contribution in [3.05, 3.63) is 92.0 Å². The minimum atomic E-state index is -0.587. The third-order valence-electron chi connectivity index (χ3n) is 5.20. The van der Waals surface area contributed by atoms with E-state index in [-0.39, 0.29) is 47.6 Å². The molecule has 0 aromatic heterocycles. The van der Waals surface area contributed by atoms with E-state index >= 15 is 0 Å². The number of nitrogens with zero attached hydrogens (tertiary/aromatic N) is 2. The van der Waals surface area contributed by atoms with Gasteiger partial charge in [-0.1, -0.05) is 12.2 Å². The number of benzene rings is 2. The molecule has 2 aromatic carbocycles. The van der Waals surface area contributed by atoms with Gasteiger partial charge in [0.25, 0.3) is 11.4 Å². The minimum absolute atomic E-state index is 0.0633. The van der Waals surface area contributed by atoms with E-state index in [1.807, 2.05) is 12.2 Å². The van der Waals surface area contributed by atoms with E-state index in [1.54, 1.807) is 0 Å². The Kier molecular flexibility index (Phi) is 7.27. The standard InChI is InChI=1S/C22H20N2O8/c25-21(15-5-9-19(10-6-15)23(27)28)31-13-17-3-1-2-4-18(17)14-32-22(26)16-7-11-20(12-8-16)24(29)30/h1-2,5-12,17-18H,3-4,13-14H2/t17-,18-/m1/s1. The molecule has 0 radical (unpaired) electrons. The maximum Gasteiger partial charge on any atom is 0.338 e.